The third-order valence-corrected chi connectivity index (χ3v) is 3.72. The fraction of sp³-hybridized carbons (Fsp3) is 0.533. The number of nitrogens with two attached hydrogens (primary N) is 1. The number of benzene rings is 1. The van der Waals surface area contributed by atoms with Crippen LogP contribution in [-0.4, -0.2) is 43.2 Å². The van der Waals surface area contributed by atoms with Crippen molar-refractivity contribution in [2.24, 2.45) is 5.73 Å². The summed E-state index contributed by atoms with van der Waals surface area (Å²) in [6, 6.07) is 5.54. The summed E-state index contributed by atoms with van der Waals surface area (Å²) in [5.74, 6) is 1.47. The molecule has 1 aliphatic rings. The van der Waals surface area contributed by atoms with E-state index < -0.39 is 0 Å². The molecular formula is C15H22N2O2S. The number of methoxy groups -OCH3 is 1. The molecule has 0 bridgehead atoms. The Hall–Kier alpha value is -1.33. The second-order valence-electron chi connectivity index (χ2n) is 5.01. The van der Waals surface area contributed by atoms with Crippen molar-refractivity contribution in [3.05, 3.63) is 23.8 Å². The first-order valence-corrected chi connectivity index (χ1v) is 7.44. The summed E-state index contributed by atoms with van der Waals surface area (Å²) in [5.41, 5.74) is 6.43. The SMILES string of the molecule is COc1cc(OCCCN2CCCC2)cc(C(N)=S)c1. The molecule has 1 aromatic carbocycles. The van der Waals surface area contributed by atoms with Gasteiger partial charge in [0.15, 0.2) is 0 Å². The maximum absolute atomic E-state index is 5.78. The van der Waals surface area contributed by atoms with Crippen molar-refractivity contribution in [3.63, 3.8) is 0 Å². The Morgan fingerprint density at radius 1 is 1.25 bits per heavy atom. The van der Waals surface area contributed by atoms with Crippen molar-refractivity contribution < 1.29 is 9.47 Å². The highest BCUT2D eigenvalue weighted by Crippen LogP contribution is 2.23. The van der Waals surface area contributed by atoms with E-state index in [0.717, 1.165) is 24.3 Å². The van der Waals surface area contributed by atoms with Crippen molar-refractivity contribution in [2.45, 2.75) is 19.3 Å². The van der Waals surface area contributed by atoms with Crippen LogP contribution < -0.4 is 15.2 Å². The molecule has 20 heavy (non-hydrogen) atoms. The third kappa shape index (κ3) is 4.35. The van der Waals surface area contributed by atoms with Crippen LogP contribution in [0, 0.1) is 0 Å². The molecule has 0 atom stereocenters. The lowest BCUT2D eigenvalue weighted by Gasteiger charge is -2.15. The van der Waals surface area contributed by atoms with Gasteiger partial charge in [0.25, 0.3) is 0 Å². The molecule has 1 aromatic rings. The fourth-order valence-electron chi connectivity index (χ4n) is 2.40. The van der Waals surface area contributed by atoms with Crippen molar-refractivity contribution in [1.82, 2.24) is 4.90 Å². The predicted molar refractivity (Wildman–Crippen MR) is 84.7 cm³/mol. The highest BCUT2D eigenvalue weighted by atomic mass is 32.1. The zero-order chi connectivity index (χ0) is 14.4. The normalized spacial score (nSPS) is 15.2. The lowest BCUT2D eigenvalue weighted by atomic mass is 10.2. The minimum Gasteiger partial charge on any atom is -0.497 e. The van der Waals surface area contributed by atoms with E-state index in [1.807, 2.05) is 18.2 Å². The highest BCUT2D eigenvalue weighted by molar-refractivity contribution is 7.80. The first kappa shape index (κ1) is 15.1. The van der Waals surface area contributed by atoms with Crippen molar-refractivity contribution in [1.29, 1.82) is 0 Å². The number of nitrogens with zero attached hydrogens (tertiary/aromatic N) is 1. The van der Waals surface area contributed by atoms with Gasteiger partial charge in [-0.15, -0.1) is 0 Å². The van der Waals surface area contributed by atoms with Crippen molar-refractivity contribution >= 4 is 17.2 Å². The molecule has 0 radical (unpaired) electrons. The molecule has 0 unspecified atom stereocenters. The van der Waals surface area contributed by atoms with Crippen molar-refractivity contribution in [3.8, 4) is 11.5 Å². The molecule has 1 fully saturated rings. The molecule has 0 saturated carbocycles. The minimum absolute atomic E-state index is 0.353. The van der Waals surface area contributed by atoms with E-state index in [1.165, 1.54) is 25.9 Å². The predicted octanol–water partition coefficient (Wildman–Crippen LogP) is 2.19. The second-order valence-corrected chi connectivity index (χ2v) is 5.45. The quantitative estimate of drug-likeness (QED) is 0.617. The van der Waals surface area contributed by atoms with E-state index in [-0.39, 0.29) is 0 Å². The molecule has 0 aromatic heterocycles. The summed E-state index contributed by atoms with van der Waals surface area (Å²) < 4.78 is 11.0. The molecule has 1 saturated heterocycles. The Kier molecular flexibility index (Phi) is 5.61. The van der Waals surface area contributed by atoms with Crippen LogP contribution in [0.1, 0.15) is 24.8 Å². The van der Waals surface area contributed by atoms with Gasteiger partial charge in [-0.2, -0.15) is 0 Å². The lowest BCUT2D eigenvalue weighted by molar-refractivity contribution is 0.262. The van der Waals surface area contributed by atoms with E-state index in [1.54, 1.807) is 7.11 Å². The van der Waals surface area contributed by atoms with E-state index in [4.69, 9.17) is 27.4 Å². The van der Waals surface area contributed by atoms with E-state index in [2.05, 4.69) is 4.90 Å². The molecule has 2 N–H and O–H groups in total. The van der Waals surface area contributed by atoms with Crippen LogP contribution in [0.3, 0.4) is 0 Å². The minimum atomic E-state index is 0.353. The fourth-order valence-corrected chi connectivity index (χ4v) is 2.52. The van der Waals surface area contributed by atoms with Gasteiger partial charge in [-0.25, -0.2) is 0 Å². The summed E-state index contributed by atoms with van der Waals surface area (Å²) in [4.78, 5) is 2.83. The summed E-state index contributed by atoms with van der Waals surface area (Å²) >= 11 is 5.00. The monoisotopic (exact) mass is 294 g/mol. The maximum Gasteiger partial charge on any atom is 0.123 e. The Bertz CT molecular complexity index is 459. The topological polar surface area (TPSA) is 47.7 Å². The number of thiocarbonyl (C=S) groups is 1. The van der Waals surface area contributed by atoms with E-state index in [0.29, 0.717) is 17.3 Å². The average Bonchev–Trinajstić information content (AvgIpc) is 2.96. The van der Waals surface area contributed by atoms with Gasteiger partial charge < -0.3 is 20.1 Å². The smallest absolute Gasteiger partial charge is 0.123 e. The maximum atomic E-state index is 5.78. The summed E-state index contributed by atoms with van der Waals surface area (Å²) in [6.07, 6.45) is 3.68. The summed E-state index contributed by atoms with van der Waals surface area (Å²) in [6.45, 7) is 4.25. The molecule has 2 rings (SSSR count). The van der Waals surface area contributed by atoms with E-state index in [9.17, 15) is 0 Å². The van der Waals surface area contributed by atoms with Crippen LogP contribution in [0.4, 0.5) is 0 Å². The van der Waals surface area contributed by atoms with Crippen LogP contribution in [0.15, 0.2) is 18.2 Å². The van der Waals surface area contributed by atoms with Crippen LogP contribution in [0.2, 0.25) is 0 Å². The first-order valence-electron chi connectivity index (χ1n) is 7.03. The Morgan fingerprint density at radius 3 is 2.60 bits per heavy atom. The number of hydrogen-bond donors (Lipinski definition) is 1. The van der Waals surface area contributed by atoms with Crippen LogP contribution >= 0.6 is 12.2 Å². The van der Waals surface area contributed by atoms with E-state index >= 15 is 0 Å². The number of ether oxygens (including phenoxy) is 2. The molecule has 0 spiro atoms. The van der Waals surface area contributed by atoms with Gasteiger partial charge >= 0.3 is 0 Å². The molecule has 1 heterocycles. The molecule has 0 amide bonds. The number of rotatable bonds is 7. The zero-order valence-electron chi connectivity index (χ0n) is 11.9. The third-order valence-electron chi connectivity index (χ3n) is 3.49. The largest absolute Gasteiger partial charge is 0.497 e. The Morgan fingerprint density at radius 2 is 1.95 bits per heavy atom. The molecule has 4 nitrogen and oxygen atoms in total. The van der Waals surface area contributed by atoms with Gasteiger partial charge in [0.1, 0.15) is 16.5 Å². The first-order chi connectivity index (χ1) is 9.69. The molecule has 5 heteroatoms. The summed E-state index contributed by atoms with van der Waals surface area (Å²) in [5, 5.41) is 0. The molecule has 1 aliphatic heterocycles. The van der Waals surface area contributed by atoms with Crippen LogP contribution in [-0.2, 0) is 0 Å². The van der Waals surface area contributed by atoms with Gasteiger partial charge in [-0.1, -0.05) is 12.2 Å². The zero-order valence-corrected chi connectivity index (χ0v) is 12.7. The molecule has 110 valence electrons. The lowest BCUT2D eigenvalue weighted by Crippen LogP contribution is -2.21. The summed E-state index contributed by atoms with van der Waals surface area (Å²) in [7, 11) is 1.62. The van der Waals surface area contributed by atoms with Gasteiger partial charge in [-0.05, 0) is 44.5 Å². The number of likely N-dealkylation sites (tertiary alicyclic amines) is 1. The van der Waals surface area contributed by atoms with Crippen molar-refractivity contribution in [2.75, 3.05) is 33.4 Å². The van der Waals surface area contributed by atoms with Gasteiger partial charge in [-0.3, -0.25) is 0 Å². The molecule has 0 aliphatic carbocycles. The average molecular weight is 294 g/mol. The second kappa shape index (κ2) is 7.45. The van der Waals surface area contributed by atoms with Crippen LogP contribution in [0.25, 0.3) is 0 Å². The highest BCUT2D eigenvalue weighted by Gasteiger charge is 2.10. The van der Waals surface area contributed by atoms with Crippen LogP contribution in [0.5, 0.6) is 11.5 Å². The Labute approximate surface area is 125 Å². The number of hydrogen-bond acceptors (Lipinski definition) is 4. The van der Waals surface area contributed by atoms with Gasteiger partial charge in [0.05, 0.1) is 13.7 Å². The standard InChI is InChI=1S/C15H22N2O2S/c1-18-13-9-12(15(16)20)10-14(11-13)19-8-4-7-17-5-2-3-6-17/h9-11H,2-8H2,1H3,(H2,16,20). The Balaban J connectivity index is 1.84. The van der Waals surface area contributed by atoms with Gasteiger partial charge in [0, 0.05) is 18.2 Å². The van der Waals surface area contributed by atoms with Gasteiger partial charge in [0.2, 0.25) is 0 Å². The molecular weight excluding hydrogens is 272 g/mol.